The Kier molecular flexibility index (Phi) is 6.19. The van der Waals surface area contributed by atoms with Crippen molar-refractivity contribution in [3.05, 3.63) is 83.2 Å². The Balaban J connectivity index is 1.66. The highest BCUT2D eigenvalue weighted by Gasteiger charge is 2.21. The van der Waals surface area contributed by atoms with Gasteiger partial charge in [-0.1, -0.05) is 30.3 Å². The van der Waals surface area contributed by atoms with Gasteiger partial charge in [-0.05, 0) is 49.7 Å². The SMILES string of the molecule is Cc1cc(C)nc(Nc2ccc(C(=O)NC(Cc3ccccc3)C(=O)O)cc2)n1. The van der Waals surface area contributed by atoms with Gasteiger partial charge in [0.2, 0.25) is 5.95 Å². The Bertz CT molecular complexity index is 984. The van der Waals surface area contributed by atoms with Crippen molar-refractivity contribution in [2.75, 3.05) is 5.32 Å². The first-order valence-electron chi connectivity index (χ1n) is 9.17. The zero-order chi connectivity index (χ0) is 20.8. The summed E-state index contributed by atoms with van der Waals surface area (Å²) >= 11 is 0. The van der Waals surface area contributed by atoms with E-state index in [1.807, 2.05) is 50.2 Å². The fraction of sp³-hybridized carbons (Fsp3) is 0.182. The molecule has 3 N–H and O–H groups in total. The van der Waals surface area contributed by atoms with Crippen LogP contribution in [-0.2, 0) is 11.2 Å². The molecule has 7 nitrogen and oxygen atoms in total. The average Bonchev–Trinajstić information content (AvgIpc) is 2.68. The summed E-state index contributed by atoms with van der Waals surface area (Å²) in [4.78, 5) is 32.7. The topological polar surface area (TPSA) is 104 Å². The maximum atomic E-state index is 12.5. The second-order valence-corrected chi connectivity index (χ2v) is 6.73. The number of rotatable bonds is 7. The minimum atomic E-state index is -1.08. The number of nitrogens with one attached hydrogen (secondary N) is 2. The normalized spacial score (nSPS) is 11.5. The number of benzene rings is 2. The van der Waals surface area contributed by atoms with Crippen LogP contribution >= 0.6 is 0 Å². The molecule has 2 aromatic carbocycles. The molecule has 7 heteroatoms. The van der Waals surface area contributed by atoms with E-state index in [4.69, 9.17) is 0 Å². The molecule has 0 spiro atoms. The van der Waals surface area contributed by atoms with E-state index in [2.05, 4.69) is 20.6 Å². The standard InChI is InChI=1S/C22H22N4O3/c1-14-12-15(2)24-22(23-14)25-18-10-8-17(9-11-18)20(27)26-19(21(28)29)13-16-6-4-3-5-7-16/h3-12,19H,13H2,1-2H3,(H,26,27)(H,28,29)(H,23,24,25). The number of amides is 1. The predicted molar refractivity (Wildman–Crippen MR) is 110 cm³/mol. The highest BCUT2D eigenvalue weighted by atomic mass is 16.4. The number of carbonyl (C=O) groups is 2. The van der Waals surface area contributed by atoms with Crippen molar-refractivity contribution in [3.8, 4) is 0 Å². The summed E-state index contributed by atoms with van der Waals surface area (Å²) in [6.45, 7) is 3.78. The maximum absolute atomic E-state index is 12.5. The number of hydrogen-bond acceptors (Lipinski definition) is 5. The van der Waals surface area contributed by atoms with Crippen molar-refractivity contribution in [1.29, 1.82) is 0 Å². The average molecular weight is 390 g/mol. The predicted octanol–water partition coefficient (Wildman–Crippen LogP) is 3.26. The molecule has 1 unspecified atom stereocenters. The minimum absolute atomic E-state index is 0.214. The van der Waals surface area contributed by atoms with Crippen LogP contribution in [0.2, 0.25) is 0 Å². The molecule has 1 heterocycles. The fourth-order valence-corrected chi connectivity index (χ4v) is 2.91. The monoisotopic (exact) mass is 390 g/mol. The Morgan fingerprint density at radius 3 is 2.17 bits per heavy atom. The van der Waals surface area contributed by atoms with Crippen LogP contribution in [0.15, 0.2) is 60.7 Å². The van der Waals surface area contributed by atoms with E-state index < -0.39 is 17.9 Å². The van der Waals surface area contributed by atoms with Crippen molar-refractivity contribution >= 4 is 23.5 Å². The molecule has 0 fully saturated rings. The largest absolute Gasteiger partial charge is 0.480 e. The second kappa shape index (κ2) is 8.97. The van der Waals surface area contributed by atoms with Crippen LogP contribution in [0.4, 0.5) is 11.6 Å². The summed E-state index contributed by atoms with van der Waals surface area (Å²) in [6.07, 6.45) is 0.214. The van der Waals surface area contributed by atoms with E-state index in [1.165, 1.54) is 0 Å². The maximum Gasteiger partial charge on any atom is 0.326 e. The second-order valence-electron chi connectivity index (χ2n) is 6.73. The number of nitrogens with zero attached hydrogens (tertiary/aromatic N) is 2. The quantitative estimate of drug-likeness (QED) is 0.572. The highest BCUT2D eigenvalue weighted by Crippen LogP contribution is 2.15. The van der Waals surface area contributed by atoms with Crippen LogP contribution in [0.1, 0.15) is 27.3 Å². The molecule has 0 aliphatic rings. The van der Waals surface area contributed by atoms with Gasteiger partial charge in [0.1, 0.15) is 6.04 Å². The first-order chi connectivity index (χ1) is 13.9. The molecule has 0 aliphatic heterocycles. The van der Waals surface area contributed by atoms with Gasteiger partial charge >= 0.3 is 5.97 Å². The van der Waals surface area contributed by atoms with Crippen LogP contribution in [-0.4, -0.2) is 33.0 Å². The van der Waals surface area contributed by atoms with Gasteiger partial charge in [-0.15, -0.1) is 0 Å². The Morgan fingerprint density at radius 1 is 0.966 bits per heavy atom. The van der Waals surface area contributed by atoms with E-state index in [9.17, 15) is 14.7 Å². The van der Waals surface area contributed by atoms with Gasteiger partial charge in [0, 0.05) is 29.1 Å². The molecular weight excluding hydrogens is 368 g/mol. The zero-order valence-electron chi connectivity index (χ0n) is 16.2. The van der Waals surface area contributed by atoms with E-state index in [1.54, 1.807) is 24.3 Å². The van der Waals surface area contributed by atoms with Crippen molar-refractivity contribution in [1.82, 2.24) is 15.3 Å². The first-order valence-corrected chi connectivity index (χ1v) is 9.17. The van der Waals surface area contributed by atoms with Crippen molar-refractivity contribution in [3.63, 3.8) is 0 Å². The Labute approximate surface area is 168 Å². The molecule has 3 rings (SSSR count). The van der Waals surface area contributed by atoms with Crippen LogP contribution < -0.4 is 10.6 Å². The molecule has 0 saturated heterocycles. The molecule has 1 aromatic heterocycles. The highest BCUT2D eigenvalue weighted by molar-refractivity contribution is 5.97. The first kappa shape index (κ1) is 20.0. The summed E-state index contributed by atoms with van der Waals surface area (Å²) in [6, 6.07) is 16.8. The van der Waals surface area contributed by atoms with Gasteiger partial charge in [0.25, 0.3) is 5.91 Å². The van der Waals surface area contributed by atoms with Crippen molar-refractivity contribution in [2.45, 2.75) is 26.3 Å². The van der Waals surface area contributed by atoms with Gasteiger partial charge < -0.3 is 15.7 Å². The van der Waals surface area contributed by atoms with Gasteiger partial charge in [0.15, 0.2) is 0 Å². The van der Waals surface area contributed by atoms with Crippen molar-refractivity contribution < 1.29 is 14.7 Å². The number of aromatic nitrogens is 2. The van der Waals surface area contributed by atoms with Crippen LogP contribution in [0.3, 0.4) is 0 Å². The Hall–Kier alpha value is -3.74. The number of carbonyl (C=O) groups excluding carboxylic acids is 1. The summed E-state index contributed by atoms with van der Waals surface area (Å²) in [7, 11) is 0. The number of hydrogen-bond donors (Lipinski definition) is 3. The number of aryl methyl sites for hydroxylation is 2. The lowest BCUT2D eigenvalue weighted by molar-refractivity contribution is -0.139. The number of aliphatic carboxylic acids is 1. The summed E-state index contributed by atoms with van der Waals surface area (Å²) in [5, 5.41) is 15.1. The molecule has 29 heavy (non-hydrogen) atoms. The van der Waals surface area contributed by atoms with Gasteiger partial charge in [0.05, 0.1) is 0 Å². The lowest BCUT2D eigenvalue weighted by atomic mass is 10.1. The molecule has 1 atom stereocenters. The van der Waals surface area contributed by atoms with Gasteiger partial charge in [-0.3, -0.25) is 4.79 Å². The number of carboxylic acid groups (broad SMARTS) is 1. The third-order valence-electron chi connectivity index (χ3n) is 4.27. The third-order valence-corrected chi connectivity index (χ3v) is 4.27. The number of carboxylic acids is 1. The summed E-state index contributed by atoms with van der Waals surface area (Å²) < 4.78 is 0. The smallest absolute Gasteiger partial charge is 0.326 e. The Morgan fingerprint density at radius 2 is 1.59 bits per heavy atom. The lowest BCUT2D eigenvalue weighted by Gasteiger charge is -2.15. The van der Waals surface area contributed by atoms with Crippen molar-refractivity contribution in [2.24, 2.45) is 0 Å². The molecular formula is C22H22N4O3. The van der Waals surface area contributed by atoms with E-state index in [-0.39, 0.29) is 6.42 Å². The minimum Gasteiger partial charge on any atom is -0.480 e. The fourth-order valence-electron chi connectivity index (χ4n) is 2.91. The zero-order valence-corrected chi connectivity index (χ0v) is 16.2. The number of anilines is 2. The molecule has 3 aromatic rings. The summed E-state index contributed by atoms with van der Waals surface area (Å²) in [5.74, 6) is -1.04. The van der Waals surface area contributed by atoms with Crippen LogP contribution in [0.5, 0.6) is 0 Å². The molecule has 0 aliphatic carbocycles. The van der Waals surface area contributed by atoms with Gasteiger partial charge in [-0.25, -0.2) is 14.8 Å². The third kappa shape index (κ3) is 5.62. The van der Waals surface area contributed by atoms with E-state index in [0.717, 1.165) is 22.6 Å². The van der Waals surface area contributed by atoms with Crippen LogP contribution in [0.25, 0.3) is 0 Å². The van der Waals surface area contributed by atoms with Gasteiger partial charge in [-0.2, -0.15) is 0 Å². The van der Waals surface area contributed by atoms with E-state index >= 15 is 0 Å². The molecule has 148 valence electrons. The van der Waals surface area contributed by atoms with E-state index in [0.29, 0.717) is 11.5 Å². The molecule has 0 saturated carbocycles. The molecule has 1 amide bonds. The van der Waals surface area contributed by atoms with Crippen LogP contribution in [0, 0.1) is 13.8 Å². The molecule has 0 bridgehead atoms. The molecule has 0 radical (unpaired) electrons. The summed E-state index contributed by atoms with van der Waals surface area (Å²) in [5.41, 5.74) is 3.65. The lowest BCUT2D eigenvalue weighted by Crippen LogP contribution is -2.42.